The number of benzene rings is 2. The van der Waals surface area contributed by atoms with E-state index in [-0.39, 0.29) is 23.6 Å². The Bertz CT molecular complexity index is 1040. The van der Waals surface area contributed by atoms with E-state index in [2.05, 4.69) is 9.97 Å². The first-order valence-corrected chi connectivity index (χ1v) is 9.75. The summed E-state index contributed by atoms with van der Waals surface area (Å²) in [5.41, 5.74) is 1.35. The molecule has 6 nitrogen and oxygen atoms in total. The highest BCUT2D eigenvalue weighted by Gasteiger charge is 2.15. The van der Waals surface area contributed by atoms with E-state index in [1.165, 1.54) is 11.8 Å². The number of H-pyrrole nitrogens is 1. The second kappa shape index (κ2) is 9.31. The Morgan fingerprint density at radius 1 is 1.25 bits per heavy atom. The molecule has 0 atom stereocenters. The standard InChI is InChI=1S/C20H16ClN3O3S/c21-14-5-1-4-8-18(14)28-10-9-19(26)27-12-17(25)13(11-22)20-23-15-6-2-3-7-16(15)24-20/h1-8,25H,9-10,12H2,(H,23,24). The first kappa shape index (κ1) is 19.8. The van der Waals surface area contributed by atoms with Crippen LogP contribution in [0.5, 0.6) is 0 Å². The van der Waals surface area contributed by atoms with Crippen LogP contribution in [-0.4, -0.2) is 33.4 Å². The van der Waals surface area contributed by atoms with Gasteiger partial charge in [0.15, 0.2) is 11.6 Å². The maximum absolute atomic E-state index is 11.9. The molecule has 0 fully saturated rings. The van der Waals surface area contributed by atoms with Crippen LogP contribution in [-0.2, 0) is 9.53 Å². The van der Waals surface area contributed by atoms with Gasteiger partial charge < -0.3 is 14.8 Å². The van der Waals surface area contributed by atoms with Crippen LogP contribution in [0.2, 0.25) is 5.02 Å². The second-order valence-electron chi connectivity index (χ2n) is 5.73. The zero-order chi connectivity index (χ0) is 19.9. The quantitative estimate of drug-likeness (QED) is 0.251. The van der Waals surface area contributed by atoms with Gasteiger partial charge in [-0.25, -0.2) is 4.98 Å². The number of esters is 1. The summed E-state index contributed by atoms with van der Waals surface area (Å²) in [5, 5.41) is 20.2. The smallest absolute Gasteiger partial charge is 0.307 e. The van der Waals surface area contributed by atoms with Gasteiger partial charge in [0.05, 0.1) is 22.5 Å². The van der Waals surface area contributed by atoms with Gasteiger partial charge >= 0.3 is 5.97 Å². The number of aliphatic hydroxyl groups excluding tert-OH is 1. The number of carbonyl (C=O) groups is 1. The molecule has 3 aromatic rings. The minimum atomic E-state index is -0.479. The fourth-order valence-corrected chi connectivity index (χ4v) is 3.59. The van der Waals surface area contributed by atoms with Crippen LogP contribution in [0, 0.1) is 11.3 Å². The molecular formula is C20H16ClN3O3S. The zero-order valence-corrected chi connectivity index (χ0v) is 16.3. The van der Waals surface area contributed by atoms with Crippen molar-refractivity contribution < 1.29 is 14.6 Å². The van der Waals surface area contributed by atoms with Crippen molar-refractivity contribution in [1.82, 2.24) is 9.97 Å². The number of aliphatic hydroxyl groups is 1. The lowest BCUT2D eigenvalue weighted by molar-refractivity contribution is -0.142. The SMILES string of the molecule is N#CC(=C(O)COC(=O)CCSc1ccccc1Cl)c1nc2ccccc2[nH]1. The minimum Gasteiger partial charge on any atom is -0.507 e. The first-order chi connectivity index (χ1) is 13.6. The molecule has 0 saturated heterocycles. The number of hydrogen-bond acceptors (Lipinski definition) is 6. The lowest BCUT2D eigenvalue weighted by Crippen LogP contribution is -2.09. The molecule has 0 spiro atoms. The largest absolute Gasteiger partial charge is 0.507 e. The Balaban J connectivity index is 1.56. The van der Waals surface area contributed by atoms with E-state index in [1.807, 2.05) is 42.5 Å². The average molecular weight is 414 g/mol. The van der Waals surface area contributed by atoms with Crippen molar-refractivity contribution >= 4 is 45.9 Å². The van der Waals surface area contributed by atoms with Crippen LogP contribution in [0.1, 0.15) is 12.2 Å². The highest BCUT2D eigenvalue weighted by molar-refractivity contribution is 7.99. The Kier molecular flexibility index (Phi) is 6.58. The molecular weight excluding hydrogens is 398 g/mol. The van der Waals surface area contributed by atoms with Crippen LogP contribution in [0.3, 0.4) is 0 Å². The fraction of sp³-hybridized carbons (Fsp3) is 0.150. The van der Waals surface area contributed by atoms with Crippen molar-refractivity contribution in [3.05, 3.63) is 65.1 Å². The van der Waals surface area contributed by atoms with E-state index in [0.717, 1.165) is 10.4 Å². The number of rotatable bonds is 7. The summed E-state index contributed by atoms with van der Waals surface area (Å²) in [6, 6.07) is 16.5. The summed E-state index contributed by atoms with van der Waals surface area (Å²) in [7, 11) is 0. The maximum atomic E-state index is 11.9. The third kappa shape index (κ3) is 4.85. The van der Waals surface area contributed by atoms with Crippen molar-refractivity contribution in [2.45, 2.75) is 11.3 Å². The molecule has 2 aromatic carbocycles. The Morgan fingerprint density at radius 2 is 2.00 bits per heavy atom. The molecule has 1 heterocycles. The van der Waals surface area contributed by atoms with Gasteiger partial charge in [-0.3, -0.25) is 4.79 Å². The molecule has 0 aliphatic heterocycles. The number of para-hydroxylation sites is 2. The highest BCUT2D eigenvalue weighted by atomic mass is 35.5. The molecule has 0 bridgehead atoms. The van der Waals surface area contributed by atoms with Crippen LogP contribution in [0.4, 0.5) is 0 Å². The van der Waals surface area contributed by atoms with Crippen LogP contribution >= 0.6 is 23.4 Å². The Morgan fingerprint density at radius 3 is 2.75 bits per heavy atom. The molecule has 0 saturated carbocycles. The van der Waals surface area contributed by atoms with E-state index in [1.54, 1.807) is 12.1 Å². The van der Waals surface area contributed by atoms with Crippen LogP contribution in [0.15, 0.2) is 59.2 Å². The number of nitriles is 1. The van der Waals surface area contributed by atoms with E-state index in [4.69, 9.17) is 16.3 Å². The van der Waals surface area contributed by atoms with Gasteiger partial charge in [-0.15, -0.1) is 11.8 Å². The molecule has 28 heavy (non-hydrogen) atoms. The highest BCUT2D eigenvalue weighted by Crippen LogP contribution is 2.27. The summed E-state index contributed by atoms with van der Waals surface area (Å²) >= 11 is 7.51. The van der Waals surface area contributed by atoms with Crippen molar-refractivity contribution in [3.8, 4) is 6.07 Å². The molecule has 3 rings (SSSR count). The molecule has 1 aromatic heterocycles. The normalized spacial score (nSPS) is 11.7. The van der Waals surface area contributed by atoms with Crippen molar-refractivity contribution in [2.24, 2.45) is 0 Å². The summed E-state index contributed by atoms with van der Waals surface area (Å²) in [6.45, 7) is -0.393. The number of nitrogens with zero attached hydrogens (tertiary/aromatic N) is 2. The number of carbonyl (C=O) groups excluding carboxylic acids is 1. The van der Waals surface area contributed by atoms with Crippen molar-refractivity contribution in [1.29, 1.82) is 5.26 Å². The van der Waals surface area contributed by atoms with Crippen LogP contribution < -0.4 is 0 Å². The third-order valence-electron chi connectivity index (χ3n) is 3.80. The number of hydrogen-bond donors (Lipinski definition) is 2. The minimum absolute atomic E-state index is 0.0607. The second-order valence-corrected chi connectivity index (χ2v) is 7.27. The number of allylic oxidation sites excluding steroid dienone is 1. The molecule has 142 valence electrons. The predicted molar refractivity (Wildman–Crippen MR) is 109 cm³/mol. The predicted octanol–water partition coefficient (Wildman–Crippen LogP) is 4.73. The van der Waals surface area contributed by atoms with Gasteiger partial charge in [0.25, 0.3) is 0 Å². The molecule has 0 aliphatic carbocycles. The number of imidazole rings is 1. The number of aromatic amines is 1. The Labute approximate surface area is 170 Å². The number of aromatic nitrogens is 2. The number of fused-ring (bicyclic) bond motifs is 1. The van der Waals surface area contributed by atoms with Gasteiger partial charge in [0, 0.05) is 10.6 Å². The number of thioether (sulfide) groups is 1. The van der Waals surface area contributed by atoms with Crippen molar-refractivity contribution in [3.63, 3.8) is 0 Å². The molecule has 0 amide bonds. The zero-order valence-electron chi connectivity index (χ0n) is 14.7. The number of halogens is 1. The lowest BCUT2D eigenvalue weighted by Gasteiger charge is -2.06. The van der Waals surface area contributed by atoms with E-state index >= 15 is 0 Å². The van der Waals surface area contributed by atoms with Crippen LogP contribution in [0.25, 0.3) is 16.6 Å². The number of nitrogens with one attached hydrogen (secondary N) is 1. The lowest BCUT2D eigenvalue weighted by atomic mass is 10.2. The maximum Gasteiger partial charge on any atom is 0.307 e. The Hall–Kier alpha value is -2.95. The summed E-state index contributed by atoms with van der Waals surface area (Å²) < 4.78 is 5.06. The van der Waals surface area contributed by atoms with Gasteiger partial charge in [-0.1, -0.05) is 35.9 Å². The summed E-state index contributed by atoms with van der Waals surface area (Å²) in [6.07, 6.45) is 0.149. The average Bonchev–Trinajstić information content (AvgIpc) is 3.12. The molecule has 0 unspecified atom stereocenters. The fourth-order valence-electron chi connectivity index (χ4n) is 2.42. The molecule has 0 radical (unpaired) electrons. The number of ether oxygens (including phenoxy) is 1. The van der Waals surface area contributed by atoms with Gasteiger partial charge in [-0.2, -0.15) is 5.26 Å². The van der Waals surface area contributed by atoms with E-state index in [0.29, 0.717) is 16.3 Å². The van der Waals surface area contributed by atoms with Gasteiger partial charge in [-0.05, 0) is 24.3 Å². The molecule has 8 heteroatoms. The van der Waals surface area contributed by atoms with E-state index < -0.39 is 12.6 Å². The monoisotopic (exact) mass is 413 g/mol. The van der Waals surface area contributed by atoms with Gasteiger partial charge in [0.2, 0.25) is 0 Å². The molecule has 0 aliphatic rings. The third-order valence-corrected chi connectivity index (χ3v) is 5.31. The summed E-state index contributed by atoms with van der Waals surface area (Å²) in [5.74, 6) is -0.116. The van der Waals surface area contributed by atoms with E-state index in [9.17, 15) is 15.2 Å². The van der Waals surface area contributed by atoms with Crippen molar-refractivity contribution in [2.75, 3.05) is 12.4 Å². The molecule has 2 N–H and O–H groups in total. The summed E-state index contributed by atoms with van der Waals surface area (Å²) in [4.78, 5) is 20.0. The first-order valence-electron chi connectivity index (χ1n) is 8.38. The topological polar surface area (TPSA) is 99.0 Å². The van der Waals surface area contributed by atoms with Gasteiger partial charge in [0.1, 0.15) is 18.2 Å².